The molecule has 1 rings (SSSR count). The first kappa shape index (κ1) is 13.6. The van der Waals surface area contributed by atoms with E-state index in [1.165, 1.54) is 6.07 Å². The van der Waals surface area contributed by atoms with Crippen LogP contribution in [0, 0.1) is 0 Å². The maximum Gasteiger partial charge on any atom is 0.354 e. The molecule has 0 aliphatic heterocycles. The van der Waals surface area contributed by atoms with Crippen molar-refractivity contribution in [1.82, 2.24) is 10.3 Å². The number of hydrogen-bond donors (Lipinski definition) is 2. The highest BCUT2D eigenvalue weighted by Crippen LogP contribution is 2.14. The summed E-state index contributed by atoms with van der Waals surface area (Å²) in [6, 6.07) is 5.07. The molecule has 0 atom stereocenters. The lowest BCUT2D eigenvalue weighted by molar-refractivity contribution is 0.0690. The normalized spacial score (nSPS) is 11.5. The highest BCUT2D eigenvalue weighted by atomic mass is 16.4. The van der Waals surface area contributed by atoms with E-state index in [9.17, 15) is 4.79 Å². The number of nitrogens with one attached hydrogen (secondary N) is 1. The summed E-state index contributed by atoms with van der Waals surface area (Å²) in [5, 5.41) is 12.3. The number of aromatic carboxylic acids is 1. The van der Waals surface area contributed by atoms with E-state index in [0.717, 1.165) is 18.5 Å². The molecule has 4 heteroatoms. The molecule has 4 nitrogen and oxygen atoms in total. The van der Waals surface area contributed by atoms with Gasteiger partial charge >= 0.3 is 5.97 Å². The predicted octanol–water partition coefficient (Wildman–Crippen LogP) is 2.45. The third kappa shape index (κ3) is 3.82. The fourth-order valence-corrected chi connectivity index (χ4v) is 1.50. The number of aromatic nitrogens is 1. The minimum atomic E-state index is -0.986. The van der Waals surface area contributed by atoms with E-state index in [2.05, 4.69) is 31.1 Å². The summed E-state index contributed by atoms with van der Waals surface area (Å²) in [4.78, 5) is 14.9. The summed E-state index contributed by atoms with van der Waals surface area (Å²) in [5.41, 5.74) is 0.943. The monoisotopic (exact) mass is 236 g/mol. The minimum absolute atomic E-state index is 0.0842. The van der Waals surface area contributed by atoms with Crippen molar-refractivity contribution in [2.75, 3.05) is 0 Å². The molecule has 0 fully saturated rings. The van der Waals surface area contributed by atoms with Crippen molar-refractivity contribution in [2.45, 2.75) is 45.7 Å². The van der Waals surface area contributed by atoms with Crippen LogP contribution < -0.4 is 5.32 Å². The lowest BCUT2D eigenvalue weighted by Crippen LogP contribution is -2.40. The summed E-state index contributed by atoms with van der Waals surface area (Å²) in [5.74, 6) is -0.986. The third-order valence-electron chi connectivity index (χ3n) is 3.28. The van der Waals surface area contributed by atoms with Crippen molar-refractivity contribution in [1.29, 1.82) is 0 Å². The molecule has 94 valence electrons. The summed E-state index contributed by atoms with van der Waals surface area (Å²) < 4.78 is 0. The molecule has 1 aromatic rings. The van der Waals surface area contributed by atoms with E-state index in [1.807, 2.05) is 6.07 Å². The Morgan fingerprint density at radius 1 is 1.41 bits per heavy atom. The van der Waals surface area contributed by atoms with Crippen molar-refractivity contribution in [3.05, 3.63) is 29.6 Å². The van der Waals surface area contributed by atoms with Gasteiger partial charge in [0.05, 0.1) is 5.69 Å². The van der Waals surface area contributed by atoms with Gasteiger partial charge in [0, 0.05) is 12.1 Å². The Morgan fingerprint density at radius 2 is 2.06 bits per heavy atom. The lowest BCUT2D eigenvalue weighted by atomic mass is 9.95. The second-order valence-electron chi connectivity index (χ2n) is 4.44. The Morgan fingerprint density at radius 3 is 2.59 bits per heavy atom. The number of carbonyl (C=O) groups is 1. The molecule has 0 saturated heterocycles. The highest BCUT2D eigenvalue weighted by Gasteiger charge is 2.18. The predicted molar refractivity (Wildman–Crippen MR) is 67.0 cm³/mol. The Bertz CT molecular complexity index is 387. The van der Waals surface area contributed by atoms with E-state index < -0.39 is 5.97 Å². The van der Waals surface area contributed by atoms with Gasteiger partial charge in [0.1, 0.15) is 5.69 Å². The topological polar surface area (TPSA) is 62.2 Å². The Hall–Kier alpha value is -1.42. The van der Waals surface area contributed by atoms with E-state index in [1.54, 1.807) is 6.07 Å². The average Bonchev–Trinajstić information content (AvgIpc) is 2.36. The van der Waals surface area contributed by atoms with E-state index in [4.69, 9.17) is 5.11 Å². The van der Waals surface area contributed by atoms with Crippen molar-refractivity contribution in [2.24, 2.45) is 0 Å². The van der Waals surface area contributed by atoms with Gasteiger partial charge in [-0.05, 0) is 31.9 Å². The van der Waals surface area contributed by atoms with Gasteiger partial charge in [-0.3, -0.25) is 0 Å². The van der Waals surface area contributed by atoms with Crippen molar-refractivity contribution < 1.29 is 9.90 Å². The zero-order chi connectivity index (χ0) is 12.9. The summed E-state index contributed by atoms with van der Waals surface area (Å²) in [6.07, 6.45) is 2.06. The Labute approximate surface area is 102 Å². The number of nitrogens with zero attached hydrogens (tertiary/aromatic N) is 1. The van der Waals surface area contributed by atoms with Crippen LogP contribution in [-0.4, -0.2) is 21.6 Å². The van der Waals surface area contributed by atoms with Crippen LogP contribution in [0.15, 0.2) is 18.2 Å². The molecule has 2 N–H and O–H groups in total. The molecule has 0 spiro atoms. The van der Waals surface area contributed by atoms with Crippen molar-refractivity contribution in [3.8, 4) is 0 Å². The van der Waals surface area contributed by atoms with E-state index >= 15 is 0 Å². The van der Waals surface area contributed by atoms with Gasteiger partial charge in [0.25, 0.3) is 0 Å². The lowest BCUT2D eigenvalue weighted by Gasteiger charge is -2.28. The van der Waals surface area contributed by atoms with E-state index in [0.29, 0.717) is 6.54 Å². The molecular formula is C13H20N2O2. The van der Waals surface area contributed by atoms with Gasteiger partial charge in [0.15, 0.2) is 0 Å². The van der Waals surface area contributed by atoms with Crippen LogP contribution in [0.25, 0.3) is 0 Å². The first-order valence-electron chi connectivity index (χ1n) is 5.95. The van der Waals surface area contributed by atoms with Gasteiger partial charge in [-0.25, -0.2) is 9.78 Å². The fraction of sp³-hybridized carbons (Fsp3) is 0.538. The molecule has 0 saturated carbocycles. The highest BCUT2D eigenvalue weighted by molar-refractivity contribution is 5.85. The molecule has 0 unspecified atom stereocenters. The molecule has 1 aromatic heterocycles. The molecule has 1 heterocycles. The molecule has 0 aliphatic carbocycles. The molecule has 0 radical (unpaired) electrons. The Kier molecular flexibility index (Phi) is 4.63. The van der Waals surface area contributed by atoms with Crippen LogP contribution in [0.4, 0.5) is 0 Å². The number of carboxylic acid groups (broad SMARTS) is 1. The van der Waals surface area contributed by atoms with Gasteiger partial charge in [-0.1, -0.05) is 19.9 Å². The number of pyridine rings is 1. The van der Waals surface area contributed by atoms with E-state index in [-0.39, 0.29) is 11.2 Å². The maximum atomic E-state index is 10.8. The van der Waals surface area contributed by atoms with Crippen molar-refractivity contribution in [3.63, 3.8) is 0 Å². The zero-order valence-electron chi connectivity index (χ0n) is 10.7. The molecule has 0 amide bonds. The first-order valence-corrected chi connectivity index (χ1v) is 5.95. The quantitative estimate of drug-likeness (QED) is 0.796. The number of rotatable bonds is 6. The van der Waals surface area contributed by atoms with Crippen LogP contribution >= 0.6 is 0 Å². The van der Waals surface area contributed by atoms with Gasteiger partial charge < -0.3 is 10.4 Å². The molecular weight excluding hydrogens is 216 g/mol. The van der Waals surface area contributed by atoms with Gasteiger partial charge in [-0.2, -0.15) is 0 Å². The van der Waals surface area contributed by atoms with Crippen LogP contribution in [-0.2, 0) is 6.54 Å². The second kappa shape index (κ2) is 5.77. The van der Waals surface area contributed by atoms with Crippen molar-refractivity contribution >= 4 is 5.97 Å². The average molecular weight is 236 g/mol. The van der Waals surface area contributed by atoms with Crippen LogP contribution in [0.3, 0.4) is 0 Å². The summed E-state index contributed by atoms with van der Waals surface area (Å²) in [7, 11) is 0. The SMILES string of the molecule is CCC(C)(CC)NCc1cccc(C(=O)O)n1. The smallest absolute Gasteiger partial charge is 0.354 e. The Balaban J connectivity index is 2.69. The van der Waals surface area contributed by atoms with Crippen LogP contribution in [0.1, 0.15) is 49.8 Å². The third-order valence-corrected chi connectivity index (χ3v) is 3.28. The standard InChI is InChI=1S/C13H20N2O2/c1-4-13(3,5-2)14-9-10-7-6-8-11(15-10)12(16)17/h6-8,14H,4-5,9H2,1-3H3,(H,16,17). The summed E-state index contributed by atoms with van der Waals surface area (Å²) in [6.45, 7) is 7.03. The number of hydrogen-bond acceptors (Lipinski definition) is 3. The van der Waals surface area contributed by atoms with Gasteiger partial charge in [-0.15, -0.1) is 0 Å². The van der Waals surface area contributed by atoms with Crippen LogP contribution in [0.5, 0.6) is 0 Å². The molecule has 0 aromatic carbocycles. The fourth-order valence-electron chi connectivity index (χ4n) is 1.50. The molecule has 0 aliphatic rings. The van der Waals surface area contributed by atoms with Gasteiger partial charge in [0.2, 0.25) is 0 Å². The maximum absolute atomic E-state index is 10.8. The number of carboxylic acids is 1. The molecule has 0 bridgehead atoms. The molecule has 17 heavy (non-hydrogen) atoms. The largest absolute Gasteiger partial charge is 0.477 e. The zero-order valence-corrected chi connectivity index (χ0v) is 10.7. The minimum Gasteiger partial charge on any atom is -0.477 e. The first-order chi connectivity index (χ1) is 8.00. The second-order valence-corrected chi connectivity index (χ2v) is 4.44. The van der Waals surface area contributed by atoms with Crippen LogP contribution in [0.2, 0.25) is 0 Å². The summed E-state index contributed by atoms with van der Waals surface area (Å²) >= 11 is 0.